The fourth-order valence-corrected chi connectivity index (χ4v) is 5.35. The molecule has 1 N–H and O–H groups in total. The van der Waals surface area contributed by atoms with Gasteiger partial charge in [0.25, 0.3) is 0 Å². The number of amides is 2. The smallest absolute Gasteiger partial charge is 0.244 e. The highest BCUT2D eigenvalue weighted by Gasteiger charge is 2.33. The van der Waals surface area contributed by atoms with Crippen molar-refractivity contribution in [2.75, 3.05) is 24.2 Å². The summed E-state index contributed by atoms with van der Waals surface area (Å²) >= 11 is 6.08. The van der Waals surface area contributed by atoms with Crippen molar-refractivity contribution in [2.45, 2.75) is 32.9 Å². The largest absolute Gasteiger partial charge is 0.357 e. The second-order valence-electron chi connectivity index (χ2n) is 9.03. The van der Waals surface area contributed by atoms with E-state index in [1.54, 1.807) is 25.1 Å². The molecule has 7 nitrogen and oxygen atoms in total. The Morgan fingerprint density at radius 1 is 0.946 bits per heavy atom. The molecule has 0 saturated heterocycles. The Bertz CT molecular complexity index is 1360. The second kappa shape index (κ2) is 12.3. The van der Waals surface area contributed by atoms with Gasteiger partial charge in [0.2, 0.25) is 21.8 Å². The van der Waals surface area contributed by atoms with E-state index in [1.807, 2.05) is 61.5 Å². The highest BCUT2D eigenvalue weighted by atomic mass is 35.5. The number of likely N-dealkylation sites (N-methyl/N-ethyl adjacent to an activating group) is 1. The Morgan fingerprint density at radius 3 is 2.22 bits per heavy atom. The molecule has 0 aromatic heterocycles. The van der Waals surface area contributed by atoms with Crippen LogP contribution in [-0.2, 0) is 32.6 Å². The number of sulfonamides is 1. The van der Waals surface area contributed by atoms with E-state index in [9.17, 15) is 18.0 Å². The zero-order chi connectivity index (χ0) is 27.2. The molecule has 37 heavy (non-hydrogen) atoms. The number of anilines is 1. The van der Waals surface area contributed by atoms with Gasteiger partial charge in [0, 0.05) is 25.0 Å². The number of hydrogen-bond donors (Lipinski definition) is 1. The summed E-state index contributed by atoms with van der Waals surface area (Å²) in [6, 6.07) is 21.0. The van der Waals surface area contributed by atoms with Crippen molar-refractivity contribution >= 4 is 39.1 Å². The number of carbonyl (C=O) groups is 2. The lowest BCUT2D eigenvalue weighted by molar-refractivity contribution is -0.139. The molecule has 9 heteroatoms. The van der Waals surface area contributed by atoms with Crippen LogP contribution in [0, 0.1) is 13.8 Å². The molecule has 0 heterocycles. The van der Waals surface area contributed by atoms with Gasteiger partial charge >= 0.3 is 0 Å². The molecule has 2 amide bonds. The molecule has 0 bridgehead atoms. The Balaban J connectivity index is 2.05. The maximum atomic E-state index is 13.9. The molecule has 0 aliphatic heterocycles. The minimum Gasteiger partial charge on any atom is -0.357 e. The Morgan fingerprint density at radius 2 is 1.62 bits per heavy atom. The van der Waals surface area contributed by atoms with E-state index >= 15 is 0 Å². The quantitative estimate of drug-likeness (QED) is 0.418. The average Bonchev–Trinajstić information content (AvgIpc) is 2.84. The summed E-state index contributed by atoms with van der Waals surface area (Å²) in [6.07, 6.45) is 1.33. The molecule has 3 rings (SSSR count). The van der Waals surface area contributed by atoms with Gasteiger partial charge in [-0.15, -0.1) is 0 Å². The summed E-state index contributed by atoms with van der Waals surface area (Å²) in [4.78, 5) is 28.5. The first-order chi connectivity index (χ1) is 17.5. The van der Waals surface area contributed by atoms with E-state index in [1.165, 1.54) is 11.9 Å². The summed E-state index contributed by atoms with van der Waals surface area (Å²) in [5.74, 6) is -0.829. The molecule has 0 saturated carbocycles. The van der Waals surface area contributed by atoms with Crippen LogP contribution < -0.4 is 9.62 Å². The highest BCUT2D eigenvalue weighted by molar-refractivity contribution is 7.92. The van der Waals surface area contributed by atoms with E-state index in [0.29, 0.717) is 16.3 Å². The first kappa shape index (κ1) is 28.2. The molecule has 0 spiro atoms. The molecule has 1 atom stereocenters. The molecular weight excluding hydrogens is 510 g/mol. The van der Waals surface area contributed by atoms with Crippen LogP contribution in [-0.4, -0.2) is 51.0 Å². The molecular formula is C28H32ClN3O4S. The first-order valence-electron chi connectivity index (χ1n) is 11.8. The fraction of sp³-hybridized carbons (Fsp3) is 0.286. The van der Waals surface area contributed by atoms with Crippen molar-refractivity contribution in [1.82, 2.24) is 10.2 Å². The Hall–Kier alpha value is -3.36. The molecule has 196 valence electrons. The normalized spacial score (nSPS) is 12.0. The third kappa shape index (κ3) is 7.57. The number of carbonyl (C=O) groups excluding carboxylic acids is 2. The SMILES string of the molecule is CNC(=O)[C@H](Cc1ccccc1)N(Cc1cccc(C)c1)C(=O)CN(c1ccc(Cl)cc1C)S(C)(=O)=O. The van der Waals surface area contributed by atoms with Crippen molar-refractivity contribution in [3.8, 4) is 0 Å². The number of benzene rings is 3. The van der Waals surface area contributed by atoms with E-state index in [0.717, 1.165) is 27.3 Å². The van der Waals surface area contributed by atoms with Crippen molar-refractivity contribution in [1.29, 1.82) is 0 Å². The van der Waals surface area contributed by atoms with E-state index < -0.39 is 28.5 Å². The Kier molecular flexibility index (Phi) is 9.34. The number of rotatable bonds is 10. The minimum atomic E-state index is -3.83. The van der Waals surface area contributed by atoms with E-state index in [2.05, 4.69) is 5.32 Å². The number of aryl methyl sites for hydroxylation is 2. The van der Waals surface area contributed by atoms with Crippen molar-refractivity contribution in [2.24, 2.45) is 0 Å². The Labute approximate surface area is 224 Å². The highest BCUT2D eigenvalue weighted by Crippen LogP contribution is 2.26. The van der Waals surface area contributed by atoms with Crippen molar-refractivity contribution < 1.29 is 18.0 Å². The number of nitrogens with one attached hydrogen (secondary N) is 1. The van der Waals surface area contributed by atoms with Crippen LogP contribution in [0.3, 0.4) is 0 Å². The standard InChI is InChI=1S/C28H32ClN3O4S/c1-20-9-8-12-23(15-20)18-31(26(28(34)30-3)17-22-10-6-5-7-11-22)27(33)19-32(37(4,35)36)25-14-13-24(29)16-21(25)2/h5-16,26H,17-19H2,1-4H3,(H,30,34)/t26-/m0/s1. The van der Waals surface area contributed by atoms with Crippen LogP contribution in [0.15, 0.2) is 72.8 Å². The maximum Gasteiger partial charge on any atom is 0.244 e. The molecule has 3 aromatic carbocycles. The fourth-order valence-electron chi connectivity index (χ4n) is 4.22. The minimum absolute atomic E-state index is 0.142. The van der Waals surface area contributed by atoms with Crippen LogP contribution >= 0.6 is 11.6 Å². The van der Waals surface area contributed by atoms with Crippen LogP contribution in [0.4, 0.5) is 5.69 Å². The lowest BCUT2D eigenvalue weighted by Gasteiger charge is -2.33. The summed E-state index contributed by atoms with van der Waals surface area (Å²) in [6.45, 7) is 3.36. The lowest BCUT2D eigenvalue weighted by Crippen LogP contribution is -2.53. The number of halogens is 1. The van der Waals surface area contributed by atoms with Crippen molar-refractivity contribution in [3.05, 3.63) is 100 Å². The van der Waals surface area contributed by atoms with Crippen LogP contribution in [0.25, 0.3) is 0 Å². The maximum absolute atomic E-state index is 13.9. The molecule has 3 aromatic rings. The molecule has 0 aliphatic rings. The summed E-state index contributed by atoms with van der Waals surface area (Å²) in [5, 5.41) is 3.13. The molecule has 0 aliphatic carbocycles. The monoisotopic (exact) mass is 541 g/mol. The van der Waals surface area contributed by atoms with Crippen LogP contribution in [0.5, 0.6) is 0 Å². The van der Waals surface area contributed by atoms with Crippen molar-refractivity contribution in [3.63, 3.8) is 0 Å². The predicted octanol–water partition coefficient (Wildman–Crippen LogP) is 4.11. The third-order valence-electron chi connectivity index (χ3n) is 6.06. The number of nitrogens with zero attached hydrogens (tertiary/aromatic N) is 2. The number of hydrogen-bond acceptors (Lipinski definition) is 4. The zero-order valence-electron chi connectivity index (χ0n) is 21.4. The van der Waals surface area contributed by atoms with Crippen LogP contribution in [0.2, 0.25) is 5.02 Å². The first-order valence-corrected chi connectivity index (χ1v) is 14.1. The summed E-state index contributed by atoms with van der Waals surface area (Å²) in [7, 11) is -2.31. The predicted molar refractivity (Wildman–Crippen MR) is 148 cm³/mol. The molecule has 0 radical (unpaired) electrons. The van der Waals surface area contributed by atoms with Gasteiger partial charge in [-0.2, -0.15) is 0 Å². The van der Waals surface area contributed by atoms with Gasteiger partial charge in [-0.05, 0) is 48.7 Å². The zero-order valence-corrected chi connectivity index (χ0v) is 23.0. The topological polar surface area (TPSA) is 86.8 Å². The van der Waals surface area contributed by atoms with Gasteiger partial charge in [0.05, 0.1) is 11.9 Å². The third-order valence-corrected chi connectivity index (χ3v) is 7.42. The average molecular weight is 542 g/mol. The van der Waals surface area contributed by atoms with Gasteiger partial charge in [-0.1, -0.05) is 71.8 Å². The van der Waals surface area contributed by atoms with Crippen LogP contribution in [0.1, 0.15) is 22.3 Å². The van der Waals surface area contributed by atoms with Gasteiger partial charge in [-0.3, -0.25) is 13.9 Å². The van der Waals surface area contributed by atoms with E-state index in [-0.39, 0.29) is 18.9 Å². The second-order valence-corrected chi connectivity index (χ2v) is 11.4. The van der Waals surface area contributed by atoms with E-state index in [4.69, 9.17) is 11.6 Å². The van der Waals surface area contributed by atoms with Gasteiger partial charge in [-0.25, -0.2) is 8.42 Å². The summed E-state index contributed by atoms with van der Waals surface area (Å²) in [5.41, 5.74) is 3.70. The molecule has 0 fully saturated rings. The van der Waals surface area contributed by atoms with Gasteiger partial charge in [0.15, 0.2) is 0 Å². The van der Waals surface area contributed by atoms with Gasteiger partial charge < -0.3 is 10.2 Å². The molecule has 0 unspecified atom stereocenters. The van der Waals surface area contributed by atoms with Gasteiger partial charge in [0.1, 0.15) is 12.6 Å². The summed E-state index contributed by atoms with van der Waals surface area (Å²) < 4.78 is 26.7. The lowest BCUT2D eigenvalue weighted by atomic mass is 10.0.